The van der Waals surface area contributed by atoms with Crippen molar-refractivity contribution in [3.63, 3.8) is 0 Å². The van der Waals surface area contributed by atoms with Crippen LogP contribution in [0, 0.1) is 0 Å². The molecule has 0 fully saturated rings. The molecule has 0 aromatic heterocycles. The Labute approximate surface area is 69.2 Å². The predicted octanol–water partition coefficient (Wildman–Crippen LogP) is 0.597. The topological polar surface area (TPSA) is 110 Å². The lowest BCUT2D eigenvalue weighted by molar-refractivity contribution is 0.205. The third-order valence-corrected chi connectivity index (χ3v) is 0.937. The third kappa shape index (κ3) is 4.92. The van der Waals surface area contributed by atoms with E-state index in [2.05, 4.69) is 5.73 Å². The number of rotatable bonds is 0. The first kappa shape index (κ1) is 10.1. The summed E-state index contributed by atoms with van der Waals surface area (Å²) in [4.78, 5) is 8.78. The average Bonchev–Trinajstić information content (AvgIpc) is 1.94. The zero-order valence-corrected chi connectivity index (χ0v) is 6.27. The Morgan fingerprint density at radius 2 is 1.75 bits per heavy atom. The van der Waals surface area contributed by atoms with Crippen LogP contribution in [0.15, 0.2) is 24.3 Å². The van der Waals surface area contributed by atoms with Gasteiger partial charge in [0.15, 0.2) is 0 Å². The molecule has 5 heteroatoms. The van der Waals surface area contributed by atoms with E-state index in [1.807, 2.05) is 0 Å². The molecule has 1 amide bonds. The van der Waals surface area contributed by atoms with Gasteiger partial charge in [-0.2, -0.15) is 0 Å². The zero-order chi connectivity index (χ0) is 9.56. The minimum atomic E-state index is -1.33. The molecule has 0 bridgehead atoms. The molecular weight excluding hydrogens is 160 g/mol. The summed E-state index contributed by atoms with van der Waals surface area (Å²) >= 11 is 0. The largest absolute Gasteiger partial charge is 0.506 e. The molecule has 0 unspecified atom stereocenters. The van der Waals surface area contributed by atoms with E-state index in [0.29, 0.717) is 5.69 Å². The van der Waals surface area contributed by atoms with Gasteiger partial charge in [0.05, 0.1) is 5.69 Å². The molecule has 1 aromatic carbocycles. The lowest BCUT2D eigenvalue weighted by atomic mass is 10.3. The number of anilines is 1. The van der Waals surface area contributed by atoms with Crippen LogP contribution in [0.4, 0.5) is 10.5 Å². The van der Waals surface area contributed by atoms with E-state index >= 15 is 0 Å². The number of hydrogen-bond acceptors (Lipinski definition) is 3. The van der Waals surface area contributed by atoms with E-state index in [4.69, 9.17) is 20.7 Å². The summed E-state index contributed by atoms with van der Waals surface area (Å²) in [5.41, 5.74) is 9.72. The maximum absolute atomic E-state index is 8.79. The van der Waals surface area contributed by atoms with Crippen LogP contribution >= 0.6 is 0 Å². The van der Waals surface area contributed by atoms with Crippen LogP contribution in [0.5, 0.6) is 5.75 Å². The molecule has 0 spiro atoms. The van der Waals surface area contributed by atoms with Crippen LogP contribution in [0.1, 0.15) is 0 Å². The molecule has 5 nitrogen and oxygen atoms in total. The van der Waals surface area contributed by atoms with E-state index < -0.39 is 6.09 Å². The fraction of sp³-hybridized carbons (Fsp3) is 0. The number of phenols is 1. The Kier molecular flexibility index (Phi) is 4.07. The lowest BCUT2D eigenvalue weighted by Crippen LogP contribution is -2.03. The summed E-state index contributed by atoms with van der Waals surface area (Å²) in [6.45, 7) is 0. The van der Waals surface area contributed by atoms with Crippen molar-refractivity contribution < 1.29 is 15.0 Å². The fourth-order valence-corrected chi connectivity index (χ4v) is 0.488. The first-order chi connectivity index (χ1) is 5.54. The molecule has 1 rings (SSSR count). The molecule has 0 saturated carbocycles. The predicted molar refractivity (Wildman–Crippen MR) is 44.7 cm³/mol. The highest BCUT2D eigenvalue weighted by Gasteiger charge is 1.87. The van der Waals surface area contributed by atoms with E-state index in [9.17, 15) is 0 Å². The van der Waals surface area contributed by atoms with Crippen LogP contribution in [-0.2, 0) is 0 Å². The number of aromatic hydroxyl groups is 1. The Hall–Kier alpha value is -1.91. The molecule has 0 saturated heterocycles. The fourth-order valence-electron chi connectivity index (χ4n) is 0.488. The van der Waals surface area contributed by atoms with Crippen molar-refractivity contribution in [1.29, 1.82) is 0 Å². The maximum atomic E-state index is 8.79. The molecule has 12 heavy (non-hydrogen) atoms. The van der Waals surface area contributed by atoms with Crippen molar-refractivity contribution in [1.82, 2.24) is 0 Å². The van der Waals surface area contributed by atoms with Crippen LogP contribution in [0.2, 0.25) is 0 Å². The first-order valence-electron chi connectivity index (χ1n) is 3.06. The summed E-state index contributed by atoms with van der Waals surface area (Å²) in [7, 11) is 0. The molecule has 0 radical (unpaired) electrons. The Bertz CT molecular complexity index is 238. The number of benzene rings is 1. The van der Waals surface area contributed by atoms with Gasteiger partial charge in [-0.25, -0.2) is 4.79 Å². The van der Waals surface area contributed by atoms with E-state index in [0.717, 1.165) is 0 Å². The summed E-state index contributed by atoms with van der Waals surface area (Å²) in [5.74, 6) is 0.146. The highest BCUT2D eigenvalue weighted by Crippen LogP contribution is 2.16. The molecule has 6 N–H and O–H groups in total. The van der Waals surface area contributed by atoms with E-state index in [-0.39, 0.29) is 5.75 Å². The second kappa shape index (κ2) is 4.84. The molecule has 1 aromatic rings. The number of nitrogens with two attached hydrogens (primary N) is 2. The van der Waals surface area contributed by atoms with Gasteiger partial charge in [0.25, 0.3) is 0 Å². The van der Waals surface area contributed by atoms with Crippen molar-refractivity contribution >= 4 is 11.8 Å². The molecule has 0 heterocycles. The van der Waals surface area contributed by atoms with Gasteiger partial charge in [0.1, 0.15) is 5.75 Å². The molecule has 0 aliphatic heterocycles. The summed E-state index contributed by atoms with van der Waals surface area (Å²) in [6, 6.07) is 6.70. The van der Waals surface area contributed by atoms with Crippen LogP contribution in [0.3, 0.4) is 0 Å². The molecule has 0 atom stereocenters. The number of hydrogen-bond donors (Lipinski definition) is 4. The van der Waals surface area contributed by atoms with Gasteiger partial charge in [0, 0.05) is 0 Å². The molecule has 66 valence electrons. The Balaban J connectivity index is 0.000000261. The Morgan fingerprint density at radius 1 is 1.33 bits per heavy atom. The number of amides is 1. The van der Waals surface area contributed by atoms with E-state index in [1.165, 1.54) is 0 Å². The number of nitrogen functional groups attached to an aromatic ring is 1. The number of carboxylic acid groups (broad SMARTS) is 1. The van der Waals surface area contributed by atoms with E-state index in [1.54, 1.807) is 24.3 Å². The molecule has 0 aliphatic carbocycles. The van der Waals surface area contributed by atoms with Gasteiger partial charge >= 0.3 is 6.09 Å². The normalized spacial score (nSPS) is 8.00. The van der Waals surface area contributed by atoms with Crippen molar-refractivity contribution in [2.75, 3.05) is 5.73 Å². The number of carbonyl (C=O) groups is 1. The SMILES string of the molecule is NC(=O)O.Nc1ccccc1O. The second-order valence-electron chi connectivity index (χ2n) is 1.90. The second-order valence-corrected chi connectivity index (χ2v) is 1.90. The smallest absolute Gasteiger partial charge is 0.402 e. The van der Waals surface area contributed by atoms with Crippen molar-refractivity contribution in [3.8, 4) is 5.75 Å². The lowest BCUT2D eigenvalue weighted by Gasteiger charge is -1.92. The maximum Gasteiger partial charge on any atom is 0.402 e. The van der Waals surface area contributed by atoms with Crippen LogP contribution < -0.4 is 11.5 Å². The van der Waals surface area contributed by atoms with Gasteiger partial charge in [-0.15, -0.1) is 0 Å². The Morgan fingerprint density at radius 3 is 2.00 bits per heavy atom. The summed E-state index contributed by atoms with van der Waals surface area (Å²) in [5, 5.41) is 16.0. The summed E-state index contributed by atoms with van der Waals surface area (Å²) < 4.78 is 0. The standard InChI is InChI=1S/C6H7NO.CH3NO2/c7-5-3-1-2-4-6(5)8;2-1(3)4/h1-4,8H,7H2;2H2,(H,3,4). The van der Waals surface area contributed by atoms with Gasteiger partial charge in [0.2, 0.25) is 0 Å². The van der Waals surface area contributed by atoms with Gasteiger partial charge in [-0.3, -0.25) is 0 Å². The van der Waals surface area contributed by atoms with Gasteiger partial charge < -0.3 is 21.7 Å². The molecule has 0 aliphatic rings. The first-order valence-corrected chi connectivity index (χ1v) is 3.06. The summed E-state index contributed by atoms with van der Waals surface area (Å²) in [6.07, 6.45) is -1.33. The zero-order valence-electron chi connectivity index (χ0n) is 6.27. The number of phenolic OH excluding ortho intramolecular Hbond substituents is 1. The van der Waals surface area contributed by atoms with Crippen molar-refractivity contribution in [2.45, 2.75) is 0 Å². The monoisotopic (exact) mass is 170 g/mol. The van der Waals surface area contributed by atoms with Crippen molar-refractivity contribution in [2.24, 2.45) is 5.73 Å². The third-order valence-electron chi connectivity index (χ3n) is 0.937. The minimum absolute atomic E-state index is 0.146. The van der Waals surface area contributed by atoms with Crippen LogP contribution in [-0.4, -0.2) is 16.3 Å². The minimum Gasteiger partial charge on any atom is -0.506 e. The van der Waals surface area contributed by atoms with Crippen LogP contribution in [0.25, 0.3) is 0 Å². The number of para-hydroxylation sites is 2. The number of primary amides is 1. The highest BCUT2D eigenvalue weighted by molar-refractivity contribution is 5.61. The highest BCUT2D eigenvalue weighted by atomic mass is 16.4. The van der Waals surface area contributed by atoms with Gasteiger partial charge in [-0.1, -0.05) is 12.1 Å². The van der Waals surface area contributed by atoms with Crippen molar-refractivity contribution in [3.05, 3.63) is 24.3 Å². The average molecular weight is 170 g/mol. The quantitative estimate of drug-likeness (QED) is 0.337. The molecular formula is C7H10N2O3. The van der Waals surface area contributed by atoms with Gasteiger partial charge in [-0.05, 0) is 12.1 Å².